The molecule has 11 heteroatoms. The molecule has 1 N–H and O–H groups in total. The average Bonchev–Trinajstić information content (AvgIpc) is 3.35. The number of nitrogens with zero attached hydrogens (tertiary/aromatic N) is 1. The van der Waals surface area contributed by atoms with Gasteiger partial charge in [0.15, 0.2) is 5.78 Å². The van der Waals surface area contributed by atoms with Crippen molar-refractivity contribution in [1.82, 2.24) is 4.72 Å². The van der Waals surface area contributed by atoms with Gasteiger partial charge in [0.05, 0.1) is 17.5 Å². The van der Waals surface area contributed by atoms with Gasteiger partial charge >= 0.3 is 0 Å². The van der Waals surface area contributed by atoms with Gasteiger partial charge in [-0.1, -0.05) is 112 Å². The van der Waals surface area contributed by atoms with E-state index in [1.54, 1.807) is 24.3 Å². The number of rotatable bonds is 6. The number of carbonyl (C=O) groups is 2. The summed E-state index contributed by atoms with van der Waals surface area (Å²) >= 11 is 6.47. The summed E-state index contributed by atoms with van der Waals surface area (Å²) in [7, 11) is -7.21. The molecule has 2 bridgehead atoms. The first-order valence-electron chi connectivity index (χ1n) is 21.5. The van der Waals surface area contributed by atoms with Crippen LogP contribution in [0.5, 0.6) is 5.75 Å². The predicted octanol–water partition coefficient (Wildman–Crippen LogP) is 8.40. The lowest BCUT2D eigenvalue weighted by Crippen LogP contribution is -2.66. The summed E-state index contributed by atoms with van der Waals surface area (Å²) in [6.07, 6.45) is 8.61. The second kappa shape index (κ2) is 16.9. The molecule has 1 spiro atoms. The Hall–Kier alpha value is -4.22. The highest BCUT2D eigenvalue weighted by Crippen LogP contribution is 2.47. The Kier molecular flexibility index (Phi) is 12.0. The van der Waals surface area contributed by atoms with E-state index >= 15 is 0 Å². The molecule has 2 aliphatic carbocycles. The molecule has 4 aromatic rings. The van der Waals surface area contributed by atoms with Gasteiger partial charge in [-0.25, -0.2) is 13.1 Å². The summed E-state index contributed by atoms with van der Waals surface area (Å²) in [5.74, 6) is -0.376. The molecule has 0 aromatic heterocycles. The molecule has 0 radical (unpaired) electrons. The third-order valence-electron chi connectivity index (χ3n) is 13.7. The SMILES string of the molecule is C[C@H]1C/C=C/C(=O)[C@@H]2CC[C@H]2CN2C[C@@]3(CCCc4cc(Cl)ccc43)COc3ccc(cc32)C(=O)NS(=O)(=O)[C@@H]1CCO[Si](c1ccccc1)(c1ccccc1)C(C)(C)C. The van der Waals surface area contributed by atoms with Crippen LogP contribution < -0.4 is 24.7 Å². The van der Waals surface area contributed by atoms with Crippen LogP contribution in [0.2, 0.25) is 10.1 Å². The van der Waals surface area contributed by atoms with Crippen molar-refractivity contribution in [2.45, 2.75) is 88.3 Å². The van der Waals surface area contributed by atoms with Gasteiger partial charge in [0.1, 0.15) is 5.75 Å². The first-order chi connectivity index (χ1) is 28.7. The summed E-state index contributed by atoms with van der Waals surface area (Å²) in [6.45, 7) is 10.3. The number of hydrogen-bond acceptors (Lipinski definition) is 7. The summed E-state index contributed by atoms with van der Waals surface area (Å²) in [5.41, 5.74) is 3.10. The van der Waals surface area contributed by atoms with Gasteiger partial charge < -0.3 is 14.1 Å². The number of halogens is 1. The topological polar surface area (TPSA) is 102 Å². The molecule has 1 fully saturated rings. The Morgan fingerprint density at radius 3 is 2.33 bits per heavy atom. The molecule has 8 nitrogen and oxygen atoms in total. The zero-order valence-electron chi connectivity index (χ0n) is 35.2. The minimum Gasteiger partial charge on any atom is -0.490 e. The fraction of sp³-hybridized carbons (Fsp3) is 0.429. The van der Waals surface area contributed by atoms with Crippen LogP contribution in [0.3, 0.4) is 0 Å². The quantitative estimate of drug-likeness (QED) is 0.195. The fourth-order valence-corrected chi connectivity index (χ4v) is 16.9. The van der Waals surface area contributed by atoms with Crippen molar-refractivity contribution in [3.05, 3.63) is 131 Å². The third kappa shape index (κ3) is 8.13. The minimum absolute atomic E-state index is 0.0840. The number of hydrogen-bond donors (Lipinski definition) is 1. The van der Waals surface area contributed by atoms with Gasteiger partial charge in [-0.15, -0.1) is 0 Å². The number of carbonyl (C=O) groups excluding carboxylic acids is 2. The maximum absolute atomic E-state index is 14.6. The molecule has 5 atom stereocenters. The summed E-state index contributed by atoms with van der Waals surface area (Å²) in [4.78, 5) is 30.3. The number of sulfonamides is 1. The van der Waals surface area contributed by atoms with Crippen molar-refractivity contribution in [2.75, 3.05) is 31.2 Å². The van der Waals surface area contributed by atoms with Crippen LogP contribution in [0.4, 0.5) is 5.69 Å². The van der Waals surface area contributed by atoms with Crippen molar-refractivity contribution >= 4 is 57.7 Å². The normalized spacial score (nSPS) is 26.1. The van der Waals surface area contributed by atoms with E-state index in [4.69, 9.17) is 20.8 Å². The lowest BCUT2D eigenvalue weighted by atomic mass is 9.68. The van der Waals surface area contributed by atoms with Crippen molar-refractivity contribution in [2.24, 2.45) is 17.8 Å². The Balaban J connectivity index is 1.13. The Bertz CT molecular complexity index is 2330. The Morgan fingerprint density at radius 1 is 0.950 bits per heavy atom. The zero-order chi connectivity index (χ0) is 42.3. The number of allylic oxidation sites excluding steroid dienone is 2. The van der Waals surface area contributed by atoms with Gasteiger partial charge in [-0.2, -0.15) is 0 Å². The number of amides is 1. The molecule has 4 aromatic carbocycles. The number of ether oxygens (including phenoxy) is 1. The van der Waals surface area contributed by atoms with E-state index in [0.29, 0.717) is 36.9 Å². The third-order valence-corrected chi connectivity index (χ3v) is 21.0. The molecule has 1 amide bonds. The van der Waals surface area contributed by atoms with Gasteiger partial charge in [-0.05, 0) is 120 Å². The molecular weight excluding hydrogens is 808 g/mol. The number of anilines is 1. The highest BCUT2D eigenvalue weighted by Gasteiger charge is 2.50. The first kappa shape index (κ1) is 42.5. The highest BCUT2D eigenvalue weighted by atomic mass is 35.5. The molecule has 8 rings (SSSR count). The fourth-order valence-electron chi connectivity index (χ4n) is 10.5. The second-order valence-corrected chi connectivity index (χ2v) is 25.2. The van der Waals surface area contributed by atoms with E-state index in [9.17, 15) is 18.0 Å². The molecule has 4 aliphatic rings. The summed E-state index contributed by atoms with van der Waals surface area (Å²) < 4.78 is 45.4. The van der Waals surface area contributed by atoms with Crippen LogP contribution >= 0.6 is 11.6 Å². The highest BCUT2D eigenvalue weighted by molar-refractivity contribution is 7.90. The lowest BCUT2D eigenvalue weighted by molar-refractivity contribution is -0.122. The zero-order valence-corrected chi connectivity index (χ0v) is 37.7. The number of nitrogens with one attached hydrogen (secondary N) is 1. The second-order valence-electron chi connectivity index (χ2n) is 18.6. The summed E-state index contributed by atoms with van der Waals surface area (Å²) in [6, 6.07) is 31.9. The van der Waals surface area contributed by atoms with Gasteiger partial charge in [-0.3, -0.25) is 9.59 Å². The van der Waals surface area contributed by atoms with Gasteiger partial charge in [0.2, 0.25) is 10.0 Å². The Labute approximate surface area is 361 Å². The lowest BCUT2D eigenvalue weighted by Gasteiger charge is -2.44. The molecule has 2 aliphatic heterocycles. The predicted molar refractivity (Wildman–Crippen MR) is 243 cm³/mol. The van der Waals surface area contributed by atoms with Crippen LogP contribution in [0, 0.1) is 17.8 Å². The molecule has 1 saturated carbocycles. The van der Waals surface area contributed by atoms with E-state index in [1.165, 1.54) is 11.1 Å². The van der Waals surface area contributed by atoms with E-state index in [-0.39, 0.29) is 46.7 Å². The van der Waals surface area contributed by atoms with Crippen LogP contribution in [0.15, 0.2) is 109 Å². The Morgan fingerprint density at radius 2 is 1.67 bits per heavy atom. The summed E-state index contributed by atoms with van der Waals surface area (Å²) in [5, 5.41) is 1.64. The van der Waals surface area contributed by atoms with E-state index in [0.717, 1.165) is 48.2 Å². The average molecular weight is 866 g/mol. The van der Waals surface area contributed by atoms with Crippen LogP contribution in [-0.4, -0.2) is 60.0 Å². The van der Waals surface area contributed by atoms with Crippen molar-refractivity contribution in [3.63, 3.8) is 0 Å². The molecule has 2 heterocycles. The van der Waals surface area contributed by atoms with Crippen molar-refractivity contribution < 1.29 is 27.2 Å². The minimum atomic E-state index is -4.24. The molecule has 0 unspecified atom stereocenters. The van der Waals surface area contributed by atoms with E-state index in [1.807, 2.05) is 55.5 Å². The maximum Gasteiger partial charge on any atom is 0.264 e. The largest absolute Gasteiger partial charge is 0.490 e. The van der Waals surface area contributed by atoms with Gasteiger partial charge in [0, 0.05) is 41.6 Å². The van der Waals surface area contributed by atoms with Crippen molar-refractivity contribution in [3.8, 4) is 5.75 Å². The number of benzene rings is 4. The van der Waals surface area contributed by atoms with Crippen molar-refractivity contribution in [1.29, 1.82) is 0 Å². The van der Waals surface area contributed by atoms with Crippen LogP contribution in [0.25, 0.3) is 0 Å². The standard InChI is InChI=1S/C49H57ClN2O6SSi/c1-34-13-11-19-44(53)41-23-20-37(41)31-52-32-49(27-12-14-35-29-38(50)22-24-42(35)49)33-57-45-25-21-36(30-43(45)52)47(54)51-59(55,56)46(34)26-28-58-60(48(2,3)4,39-15-7-5-8-16-39)40-17-9-6-10-18-40/h5-11,15-19,21-22,24-25,29-30,34,37,41,46H,12-14,20,23,26-28,31-33H2,1-4H3,(H,51,54)/b19-11+/t34-,37-,41+,46+,49-/m0/s1. The number of aryl methyl sites for hydroxylation is 1. The number of fused-ring (bicyclic) bond motifs is 4. The smallest absolute Gasteiger partial charge is 0.264 e. The van der Waals surface area contributed by atoms with Crippen LogP contribution in [-0.2, 0) is 31.1 Å². The monoisotopic (exact) mass is 864 g/mol. The molecule has 0 saturated heterocycles. The van der Waals surface area contributed by atoms with E-state index in [2.05, 4.69) is 66.8 Å². The van der Waals surface area contributed by atoms with Gasteiger partial charge in [0.25, 0.3) is 14.2 Å². The molecule has 316 valence electrons. The number of ketones is 1. The first-order valence-corrected chi connectivity index (χ1v) is 25.4. The van der Waals surface area contributed by atoms with E-state index < -0.39 is 35.4 Å². The molecular formula is C49H57ClN2O6SSi. The van der Waals surface area contributed by atoms with Crippen LogP contribution in [0.1, 0.15) is 87.7 Å². The maximum atomic E-state index is 14.6. The molecule has 60 heavy (non-hydrogen) atoms.